The first-order valence-electron chi connectivity index (χ1n) is 6.81. The van der Waals surface area contributed by atoms with Crippen LogP contribution in [-0.4, -0.2) is 36.5 Å². The summed E-state index contributed by atoms with van der Waals surface area (Å²) in [5.41, 5.74) is 1.18. The Morgan fingerprint density at radius 1 is 1.42 bits per heavy atom. The highest BCUT2D eigenvalue weighted by Crippen LogP contribution is 2.27. The highest BCUT2D eigenvalue weighted by Gasteiger charge is 2.37. The van der Waals surface area contributed by atoms with Gasteiger partial charge >= 0.3 is 0 Å². The van der Waals surface area contributed by atoms with E-state index in [2.05, 4.69) is 11.4 Å². The maximum absolute atomic E-state index is 12.6. The lowest BCUT2D eigenvalue weighted by Crippen LogP contribution is -2.48. The molecule has 0 saturated carbocycles. The SMILES string of the molecule is N#Cc1cccc(C(=O)N2CCCC3CNCC32)c1. The number of hydrogen-bond donors (Lipinski definition) is 1. The maximum Gasteiger partial charge on any atom is 0.254 e. The van der Waals surface area contributed by atoms with Crippen LogP contribution < -0.4 is 5.32 Å². The Kier molecular flexibility index (Phi) is 3.22. The number of amides is 1. The second-order valence-corrected chi connectivity index (χ2v) is 5.32. The maximum atomic E-state index is 12.6. The molecule has 0 bridgehead atoms. The zero-order valence-electron chi connectivity index (χ0n) is 10.8. The van der Waals surface area contributed by atoms with Gasteiger partial charge in [-0.15, -0.1) is 0 Å². The van der Waals surface area contributed by atoms with Crippen LogP contribution in [0.1, 0.15) is 28.8 Å². The van der Waals surface area contributed by atoms with Crippen molar-refractivity contribution in [1.29, 1.82) is 5.26 Å². The normalized spacial score (nSPS) is 25.7. The van der Waals surface area contributed by atoms with Crippen molar-refractivity contribution in [2.24, 2.45) is 5.92 Å². The van der Waals surface area contributed by atoms with Crippen LogP contribution in [-0.2, 0) is 0 Å². The molecule has 2 heterocycles. The molecule has 0 aliphatic carbocycles. The van der Waals surface area contributed by atoms with E-state index in [0.717, 1.165) is 26.1 Å². The molecule has 1 aromatic rings. The van der Waals surface area contributed by atoms with Gasteiger partial charge in [-0.2, -0.15) is 5.26 Å². The van der Waals surface area contributed by atoms with Crippen molar-refractivity contribution in [1.82, 2.24) is 10.2 Å². The summed E-state index contributed by atoms with van der Waals surface area (Å²) >= 11 is 0. The van der Waals surface area contributed by atoms with Crippen molar-refractivity contribution in [3.8, 4) is 6.07 Å². The van der Waals surface area contributed by atoms with E-state index in [1.54, 1.807) is 24.3 Å². The monoisotopic (exact) mass is 255 g/mol. The molecule has 4 nitrogen and oxygen atoms in total. The van der Waals surface area contributed by atoms with E-state index in [1.165, 1.54) is 6.42 Å². The van der Waals surface area contributed by atoms with Gasteiger partial charge in [-0.1, -0.05) is 6.07 Å². The van der Waals surface area contributed by atoms with E-state index in [9.17, 15) is 4.79 Å². The fourth-order valence-corrected chi connectivity index (χ4v) is 3.21. The van der Waals surface area contributed by atoms with E-state index in [0.29, 0.717) is 23.1 Å². The van der Waals surface area contributed by atoms with Gasteiger partial charge in [-0.3, -0.25) is 4.79 Å². The molecule has 1 amide bonds. The minimum Gasteiger partial charge on any atom is -0.334 e. The molecule has 3 rings (SSSR count). The molecule has 0 radical (unpaired) electrons. The van der Waals surface area contributed by atoms with Crippen LogP contribution in [0.5, 0.6) is 0 Å². The lowest BCUT2D eigenvalue weighted by atomic mass is 9.91. The molecule has 2 fully saturated rings. The van der Waals surface area contributed by atoms with E-state index in [1.807, 2.05) is 4.90 Å². The van der Waals surface area contributed by atoms with Gasteiger partial charge in [0.15, 0.2) is 0 Å². The van der Waals surface area contributed by atoms with Gasteiger partial charge in [-0.05, 0) is 37.0 Å². The van der Waals surface area contributed by atoms with Gasteiger partial charge in [0.1, 0.15) is 0 Å². The molecule has 2 unspecified atom stereocenters. The zero-order chi connectivity index (χ0) is 13.2. The van der Waals surface area contributed by atoms with Gasteiger partial charge in [0.05, 0.1) is 11.6 Å². The van der Waals surface area contributed by atoms with E-state index < -0.39 is 0 Å². The number of likely N-dealkylation sites (tertiary alicyclic amines) is 1. The fourth-order valence-electron chi connectivity index (χ4n) is 3.21. The number of benzene rings is 1. The van der Waals surface area contributed by atoms with Gasteiger partial charge in [0.25, 0.3) is 5.91 Å². The number of piperidine rings is 1. The molecular weight excluding hydrogens is 238 g/mol. The number of hydrogen-bond acceptors (Lipinski definition) is 3. The lowest BCUT2D eigenvalue weighted by Gasteiger charge is -2.37. The number of carbonyl (C=O) groups is 1. The number of nitrogens with one attached hydrogen (secondary N) is 1. The summed E-state index contributed by atoms with van der Waals surface area (Å²) in [6, 6.07) is 9.41. The molecule has 0 aromatic heterocycles. The summed E-state index contributed by atoms with van der Waals surface area (Å²) in [6.45, 7) is 2.75. The molecule has 2 atom stereocenters. The molecule has 0 spiro atoms. The summed E-state index contributed by atoms with van der Waals surface area (Å²) in [6.07, 6.45) is 2.28. The molecule has 19 heavy (non-hydrogen) atoms. The molecule has 98 valence electrons. The molecule has 4 heteroatoms. The summed E-state index contributed by atoms with van der Waals surface area (Å²) < 4.78 is 0. The molecule has 2 aliphatic heterocycles. The first-order valence-corrected chi connectivity index (χ1v) is 6.81. The number of carbonyl (C=O) groups excluding carboxylic acids is 1. The second kappa shape index (κ2) is 5.02. The van der Waals surface area contributed by atoms with Crippen LogP contribution in [0.25, 0.3) is 0 Å². The molecule has 1 aromatic carbocycles. The van der Waals surface area contributed by atoms with Gasteiger partial charge in [-0.25, -0.2) is 0 Å². The van der Waals surface area contributed by atoms with E-state index in [4.69, 9.17) is 5.26 Å². The third kappa shape index (κ3) is 2.22. The van der Waals surface area contributed by atoms with Crippen LogP contribution in [0.2, 0.25) is 0 Å². The van der Waals surface area contributed by atoms with Crippen molar-refractivity contribution < 1.29 is 4.79 Å². The minimum atomic E-state index is 0.0653. The van der Waals surface area contributed by atoms with Crippen molar-refractivity contribution in [3.63, 3.8) is 0 Å². The van der Waals surface area contributed by atoms with Crippen LogP contribution in [0, 0.1) is 17.2 Å². The Hall–Kier alpha value is -1.86. The smallest absolute Gasteiger partial charge is 0.254 e. The lowest BCUT2D eigenvalue weighted by molar-refractivity contribution is 0.0575. The van der Waals surface area contributed by atoms with Crippen molar-refractivity contribution >= 4 is 5.91 Å². The van der Waals surface area contributed by atoms with Crippen LogP contribution in [0.15, 0.2) is 24.3 Å². The Morgan fingerprint density at radius 2 is 2.32 bits per heavy atom. The van der Waals surface area contributed by atoms with Crippen LogP contribution in [0.4, 0.5) is 0 Å². The van der Waals surface area contributed by atoms with Gasteiger partial charge in [0.2, 0.25) is 0 Å². The fraction of sp³-hybridized carbons (Fsp3) is 0.467. The molecular formula is C15H17N3O. The third-order valence-corrected chi connectivity index (χ3v) is 4.18. The number of nitriles is 1. The summed E-state index contributed by atoms with van der Waals surface area (Å²) in [5, 5.41) is 12.3. The highest BCUT2D eigenvalue weighted by molar-refractivity contribution is 5.95. The van der Waals surface area contributed by atoms with Crippen molar-refractivity contribution in [3.05, 3.63) is 35.4 Å². The second-order valence-electron chi connectivity index (χ2n) is 5.32. The zero-order valence-corrected chi connectivity index (χ0v) is 10.8. The van der Waals surface area contributed by atoms with Gasteiger partial charge in [0, 0.05) is 31.2 Å². The Morgan fingerprint density at radius 3 is 3.16 bits per heavy atom. The molecule has 1 N–H and O–H groups in total. The van der Waals surface area contributed by atoms with Crippen molar-refractivity contribution in [2.45, 2.75) is 18.9 Å². The topological polar surface area (TPSA) is 56.1 Å². The predicted octanol–water partition coefficient (Wildman–Crippen LogP) is 1.38. The Balaban J connectivity index is 1.84. The molecule has 2 aliphatic rings. The number of fused-ring (bicyclic) bond motifs is 1. The Bertz CT molecular complexity index is 534. The quantitative estimate of drug-likeness (QED) is 0.825. The third-order valence-electron chi connectivity index (χ3n) is 4.18. The first kappa shape index (κ1) is 12.2. The summed E-state index contributed by atoms with van der Waals surface area (Å²) in [7, 11) is 0. The average Bonchev–Trinajstić information content (AvgIpc) is 2.95. The minimum absolute atomic E-state index is 0.0653. The van der Waals surface area contributed by atoms with E-state index >= 15 is 0 Å². The predicted molar refractivity (Wildman–Crippen MR) is 71.6 cm³/mol. The van der Waals surface area contributed by atoms with Crippen LogP contribution >= 0.6 is 0 Å². The van der Waals surface area contributed by atoms with Crippen molar-refractivity contribution in [2.75, 3.05) is 19.6 Å². The number of nitrogens with zero attached hydrogens (tertiary/aromatic N) is 2. The summed E-state index contributed by atoms with van der Waals surface area (Å²) in [4.78, 5) is 14.6. The largest absolute Gasteiger partial charge is 0.334 e. The van der Waals surface area contributed by atoms with Gasteiger partial charge < -0.3 is 10.2 Å². The van der Waals surface area contributed by atoms with Crippen LogP contribution in [0.3, 0.4) is 0 Å². The Labute approximate surface area is 113 Å². The average molecular weight is 255 g/mol. The number of rotatable bonds is 1. The standard InChI is InChI=1S/C15H17N3O/c16-8-11-3-1-4-12(7-11)15(19)18-6-2-5-13-9-17-10-14(13)18/h1,3-4,7,13-14,17H,2,5-6,9-10H2. The molecule has 2 saturated heterocycles. The first-order chi connectivity index (χ1) is 9.29. The summed E-state index contributed by atoms with van der Waals surface area (Å²) in [5.74, 6) is 0.660. The highest BCUT2D eigenvalue weighted by atomic mass is 16.2. The van der Waals surface area contributed by atoms with E-state index in [-0.39, 0.29) is 5.91 Å².